The van der Waals surface area contributed by atoms with Crippen LogP contribution >= 0.6 is 0 Å². The molecule has 0 aliphatic carbocycles. The second-order valence-corrected chi connectivity index (χ2v) is 7.85. The van der Waals surface area contributed by atoms with E-state index in [9.17, 15) is 14.0 Å². The fourth-order valence-corrected chi connectivity index (χ4v) is 3.30. The Hall–Kier alpha value is -2.15. The number of nitrogens with zero attached hydrogens (tertiary/aromatic N) is 3. The number of carbonyl (C=O) groups excluding carboxylic acids is 2. The van der Waals surface area contributed by atoms with Crippen molar-refractivity contribution in [1.29, 1.82) is 0 Å². The largest absolute Gasteiger partial charge is 0.449 e. The number of amides is 2. The van der Waals surface area contributed by atoms with Crippen LogP contribution in [0.5, 0.6) is 0 Å². The molecule has 0 radical (unpaired) electrons. The van der Waals surface area contributed by atoms with E-state index in [0.29, 0.717) is 38.7 Å². The zero-order valence-corrected chi connectivity index (χ0v) is 17.4. The molecular weight excluding hydrogens is 361 g/mol. The van der Waals surface area contributed by atoms with Gasteiger partial charge in [0, 0.05) is 39.8 Å². The number of halogens is 1. The van der Waals surface area contributed by atoms with Crippen molar-refractivity contribution in [2.24, 2.45) is 5.92 Å². The minimum atomic E-state index is -0.302. The van der Waals surface area contributed by atoms with Gasteiger partial charge in [0.2, 0.25) is 5.91 Å². The average Bonchev–Trinajstić information content (AvgIpc) is 2.91. The van der Waals surface area contributed by atoms with Crippen LogP contribution in [0.25, 0.3) is 0 Å². The number of carbonyl (C=O) groups is 2. The second kappa shape index (κ2) is 10.4. The zero-order valence-electron chi connectivity index (χ0n) is 17.4. The maximum atomic E-state index is 13.4. The zero-order chi connectivity index (χ0) is 20.7. The van der Waals surface area contributed by atoms with Crippen LogP contribution in [0.4, 0.5) is 9.18 Å². The molecule has 1 aromatic rings. The molecule has 0 bridgehead atoms. The minimum absolute atomic E-state index is 0.0138. The first-order chi connectivity index (χ1) is 13.3. The maximum Gasteiger partial charge on any atom is 0.409 e. The maximum absolute atomic E-state index is 13.4. The molecule has 28 heavy (non-hydrogen) atoms. The summed E-state index contributed by atoms with van der Waals surface area (Å²) < 4.78 is 18.7. The van der Waals surface area contributed by atoms with Gasteiger partial charge in [0.1, 0.15) is 5.82 Å². The van der Waals surface area contributed by atoms with Crippen molar-refractivity contribution in [3.05, 3.63) is 35.6 Å². The molecule has 0 aromatic heterocycles. The summed E-state index contributed by atoms with van der Waals surface area (Å²) in [7, 11) is 1.73. The number of hydrogen-bond donors (Lipinski definition) is 0. The summed E-state index contributed by atoms with van der Waals surface area (Å²) in [6.07, 6.45) is 0.514. The Kier molecular flexibility index (Phi) is 8.23. The average molecular weight is 394 g/mol. The normalized spacial score (nSPS) is 16.6. The summed E-state index contributed by atoms with van der Waals surface area (Å²) in [5, 5.41) is 0. The molecule has 7 heteroatoms. The van der Waals surface area contributed by atoms with E-state index in [0.717, 1.165) is 18.5 Å². The van der Waals surface area contributed by atoms with Gasteiger partial charge in [0.15, 0.2) is 0 Å². The highest BCUT2D eigenvalue weighted by molar-refractivity contribution is 5.81. The summed E-state index contributed by atoms with van der Waals surface area (Å²) in [4.78, 5) is 30.4. The van der Waals surface area contributed by atoms with Crippen molar-refractivity contribution < 1.29 is 18.7 Å². The van der Waals surface area contributed by atoms with E-state index in [1.807, 2.05) is 26.8 Å². The van der Waals surface area contributed by atoms with Crippen LogP contribution in [-0.4, -0.2) is 72.6 Å². The molecule has 0 spiro atoms. The van der Waals surface area contributed by atoms with E-state index in [1.54, 1.807) is 22.9 Å². The molecule has 156 valence electrons. The van der Waals surface area contributed by atoms with Crippen molar-refractivity contribution in [3.8, 4) is 0 Å². The molecule has 1 atom stereocenters. The second-order valence-electron chi connectivity index (χ2n) is 7.85. The highest BCUT2D eigenvalue weighted by atomic mass is 19.1. The third kappa shape index (κ3) is 6.48. The van der Waals surface area contributed by atoms with Crippen LogP contribution < -0.4 is 0 Å². The molecule has 0 N–H and O–H groups in total. The summed E-state index contributed by atoms with van der Waals surface area (Å²) >= 11 is 0. The summed E-state index contributed by atoms with van der Waals surface area (Å²) in [5.74, 6) is -0.0119. The lowest BCUT2D eigenvalue weighted by molar-refractivity contribution is -0.135. The lowest BCUT2D eigenvalue weighted by Gasteiger charge is -2.30. The molecule has 1 aliphatic heterocycles. The Bertz CT molecular complexity index is 668. The molecule has 2 rings (SSSR count). The first kappa shape index (κ1) is 22.1. The molecule has 1 saturated heterocycles. The smallest absolute Gasteiger partial charge is 0.409 e. The van der Waals surface area contributed by atoms with E-state index in [-0.39, 0.29) is 23.9 Å². The van der Waals surface area contributed by atoms with Crippen LogP contribution in [-0.2, 0) is 16.1 Å². The molecule has 1 fully saturated rings. The van der Waals surface area contributed by atoms with E-state index in [4.69, 9.17) is 4.74 Å². The molecule has 1 heterocycles. The van der Waals surface area contributed by atoms with Gasteiger partial charge in [-0.3, -0.25) is 9.69 Å². The van der Waals surface area contributed by atoms with Crippen LogP contribution in [0.15, 0.2) is 24.3 Å². The molecule has 2 amide bonds. The van der Waals surface area contributed by atoms with E-state index >= 15 is 0 Å². The molecule has 1 unspecified atom stereocenters. The van der Waals surface area contributed by atoms with Crippen molar-refractivity contribution in [2.45, 2.75) is 39.8 Å². The molecule has 1 aromatic carbocycles. The van der Waals surface area contributed by atoms with Gasteiger partial charge in [-0.05, 0) is 37.0 Å². The fraction of sp³-hybridized carbons (Fsp3) is 0.619. The third-order valence-electron chi connectivity index (χ3n) is 4.92. The van der Waals surface area contributed by atoms with Gasteiger partial charge in [-0.25, -0.2) is 9.18 Å². The summed E-state index contributed by atoms with van der Waals surface area (Å²) in [5.41, 5.74) is 0.762. The van der Waals surface area contributed by atoms with Gasteiger partial charge in [0.25, 0.3) is 0 Å². The number of hydrogen-bond acceptors (Lipinski definition) is 4. The van der Waals surface area contributed by atoms with Crippen molar-refractivity contribution in [3.63, 3.8) is 0 Å². The van der Waals surface area contributed by atoms with Crippen LogP contribution in [0.1, 0.15) is 32.8 Å². The predicted molar refractivity (Wildman–Crippen MR) is 106 cm³/mol. The van der Waals surface area contributed by atoms with Gasteiger partial charge in [-0.15, -0.1) is 0 Å². The Labute approximate surface area is 167 Å². The van der Waals surface area contributed by atoms with Crippen LogP contribution in [0.2, 0.25) is 0 Å². The monoisotopic (exact) mass is 393 g/mol. The summed E-state index contributed by atoms with van der Waals surface area (Å²) in [6, 6.07) is 5.99. The van der Waals surface area contributed by atoms with Gasteiger partial charge < -0.3 is 14.5 Å². The van der Waals surface area contributed by atoms with Crippen molar-refractivity contribution in [2.75, 3.05) is 39.8 Å². The van der Waals surface area contributed by atoms with E-state index in [2.05, 4.69) is 4.90 Å². The van der Waals surface area contributed by atoms with Crippen molar-refractivity contribution in [1.82, 2.24) is 14.7 Å². The van der Waals surface area contributed by atoms with E-state index in [1.165, 1.54) is 12.1 Å². The minimum Gasteiger partial charge on any atom is -0.449 e. The quantitative estimate of drug-likeness (QED) is 0.746. The predicted octanol–water partition coefficient (Wildman–Crippen LogP) is 2.97. The molecule has 1 aliphatic rings. The highest BCUT2D eigenvalue weighted by Crippen LogP contribution is 2.13. The van der Waals surface area contributed by atoms with Crippen LogP contribution in [0.3, 0.4) is 0 Å². The summed E-state index contributed by atoms with van der Waals surface area (Å²) in [6.45, 7) is 9.22. The Balaban J connectivity index is 1.88. The lowest BCUT2D eigenvalue weighted by Crippen LogP contribution is -2.47. The Morgan fingerprint density at radius 1 is 1.18 bits per heavy atom. The van der Waals surface area contributed by atoms with Crippen molar-refractivity contribution >= 4 is 12.0 Å². The number of ether oxygens (including phenoxy) is 1. The lowest BCUT2D eigenvalue weighted by atomic mass is 10.2. The van der Waals surface area contributed by atoms with Gasteiger partial charge in [-0.2, -0.15) is 0 Å². The Morgan fingerprint density at radius 3 is 2.61 bits per heavy atom. The highest BCUT2D eigenvalue weighted by Gasteiger charge is 2.28. The Morgan fingerprint density at radius 2 is 1.93 bits per heavy atom. The molecule has 0 saturated carbocycles. The number of benzene rings is 1. The third-order valence-corrected chi connectivity index (χ3v) is 4.92. The number of likely N-dealkylation sites (N-methyl/N-ethyl adjacent to an activating group) is 1. The fourth-order valence-electron chi connectivity index (χ4n) is 3.30. The van der Waals surface area contributed by atoms with Crippen LogP contribution in [0, 0.1) is 11.7 Å². The molecular formula is C21H32FN3O3. The van der Waals surface area contributed by atoms with Gasteiger partial charge in [-0.1, -0.05) is 26.0 Å². The van der Waals surface area contributed by atoms with Gasteiger partial charge >= 0.3 is 6.09 Å². The standard InChI is InChI=1S/C21H32FN3O3/c1-16(2)15-28-21(27)25-10-6-9-24(11-12-25)17(3)20(26)23(4)14-18-7-5-8-19(22)13-18/h5,7-8,13,16-17H,6,9-12,14-15H2,1-4H3. The number of rotatable bonds is 6. The molecule has 6 nitrogen and oxygen atoms in total. The topological polar surface area (TPSA) is 53.1 Å². The first-order valence-corrected chi connectivity index (χ1v) is 9.93. The van der Waals surface area contributed by atoms with E-state index < -0.39 is 0 Å². The first-order valence-electron chi connectivity index (χ1n) is 9.93. The SMILES string of the molecule is CC(C)COC(=O)N1CCCN(C(C)C(=O)N(C)Cc2cccc(F)c2)CC1. The van der Waals surface area contributed by atoms with Gasteiger partial charge in [0.05, 0.1) is 12.6 Å².